The zero-order valence-electron chi connectivity index (χ0n) is 18.9. The predicted molar refractivity (Wildman–Crippen MR) is 120 cm³/mol. The van der Waals surface area contributed by atoms with E-state index in [1.807, 2.05) is 0 Å². The Balaban J connectivity index is 1.99. The molecule has 1 saturated carbocycles. The Labute approximate surface area is 180 Å². The first-order valence-electron chi connectivity index (χ1n) is 10.8. The number of hydrogen-bond donors (Lipinski definition) is 1. The molecule has 1 aliphatic rings. The number of nitrogens with zero attached hydrogens (tertiary/aromatic N) is 1. The molecular weight excluding hydrogens is 400 g/mol. The molecule has 1 N–H and O–H groups in total. The van der Waals surface area contributed by atoms with Gasteiger partial charge in [0.15, 0.2) is 8.32 Å². The molecular formula is C22H36N2O5Si. The summed E-state index contributed by atoms with van der Waals surface area (Å²) in [6.07, 6.45) is 6.48. The molecule has 7 nitrogen and oxygen atoms in total. The van der Waals surface area contributed by atoms with Crippen molar-refractivity contribution >= 4 is 20.1 Å². The number of hydrogen-bond acceptors (Lipinski definition) is 5. The van der Waals surface area contributed by atoms with Gasteiger partial charge >= 0.3 is 6.09 Å². The van der Waals surface area contributed by atoms with Crippen LogP contribution >= 0.6 is 0 Å². The van der Waals surface area contributed by atoms with Crippen LogP contribution in [0.3, 0.4) is 0 Å². The van der Waals surface area contributed by atoms with E-state index in [4.69, 9.17) is 9.16 Å². The van der Waals surface area contributed by atoms with Gasteiger partial charge in [-0.05, 0) is 42.6 Å². The molecule has 1 aliphatic carbocycles. The van der Waals surface area contributed by atoms with Gasteiger partial charge in [0.05, 0.1) is 17.6 Å². The van der Waals surface area contributed by atoms with Crippen LogP contribution in [0.1, 0.15) is 59.3 Å². The number of nitrogens with one attached hydrogen (secondary N) is 1. The van der Waals surface area contributed by atoms with Crippen molar-refractivity contribution in [1.82, 2.24) is 5.32 Å². The largest absolute Gasteiger partial charge is 0.415 e. The summed E-state index contributed by atoms with van der Waals surface area (Å²) in [7, 11) is -1.93. The molecule has 30 heavy (non-hydrogen) atoms. The number of non-ortho nitro benzene ring substituents is 1. The fraction of sp³-hybridized carbons (Fsp3) is 0.682. The summed E-state index contributed by atoms with van der Waals surface area (Å²) >= 11 is 0. The molecule has 1 aromatic rings. The van der Waals surface area contributed by atoms with Crippen LogP contribution in [0.4, 0.5) is 10.5 Å². The highest BCUT2D eigenvalue weighted by molar-refractivity contribution is 6.74. The first-order valence-corrected chi connectivity index (χ1v) is 13.8. The Morgan fingerprint density at radius 2 is 1.80 bits per heavy atom. The summed E-state index contributed by atoms with van der Waals surface area (Å²) in [5.74, 6) is 0.867. The Bertz CT molecular complexity index is 709. The van der Waals surface area contributed by atoms with Crippen LogP contribution in [0.25, 0.3) is 0 Å². The first kappa shape index (κ1) is 24.3. The molecule has 0 aliphatic heterocycles. The number of carbonyl (C=O) groups excluding carboxylic acids is 1. The van der Waals surface area contributed by atoms with E-state index in [1.165, 1.54) is 56.4 Å². The number of carbonyl (C=O) groups is 1. The maximum atomic E-state index is 12.5. The molecule has 0 heterocycles. The summed E-state index contributed by atoms with van der Waals surface area (Å²) < 4.78 is 11.7. The third-order valence-electron chi connectivity index (χ3n) is 6.37. The Morgan fingerprint density at radius 1 is 1.20 bits per heavy atom. The summed E-state index contributed by atoms with van der Waals surface area (Å²) in [5.41, 5.74) is -0.0410. The van der Waals surface area contributed by atoms with Crippen LogP contribution in [0.2, 0.25) is 18.1 Å². The van der Waals surface area contributed by atoms with Gasteiger partial charge in [-0.15, -0.1) is 0 Å². The van der Waals surface area contributed by atoms with Crippen molar-refractivity contribution in [3.05, 3.63) is 34.4 Å². The Kier molecular flexibility index (Phi) is 8.43. The highest BCUT2D eigenvalue weighted by atomic mass is 28.4. The zero-order chi connectivity index (χ0) is 22.4. The molecule has 0 spiro atoms. The summed E-state index contributed by atoms with van der Waals surface area (Å²) in [4.78, 5) is 22.8. The zero-order valence-corrected chi connectivity index (χ0v) is 19.9. The SMILES string of the molecule is CC(C)(C)[Si](C)(C)OCC(CC1CCCCC1)NC(=O)Oc1ccc([N+](=O)[O-])cc1. The molecule has 1 amide bonds. The highest BCUT2D eigenvalue weighted by Gasteiger charge is 2.38. The van der Waals surface area contributed by atoms with Gasteiger partial charge in [0, 0.05) is 12.1 Å². The van der Waals surface area contributed by atoms with Crippen molar-refractivity contribution in [2.75, 3.05) is 6.61 Å². The number of nitro groups is 1. The number of nitro benzene ring substituents is 1. The lowest BCUT2D eigenvalue weighted by atomic mass is 9.85. The second kappa shape index (κ2) is 10.4. The van der Waals surface area contributed by atoms with E-state index in [9.17, 15) is 14.9 Å². The summed E-state index contributed by atoms with van der Waals surface area (Å²) in [6, 6.07) is 5.39. The molecule has 0 aromatic heterocycles. The Hall–Kier alpha value is -1.93. The minimum Gasteiger partial charge on any atom is -0.415 e. The summed E-state index contributed by atoms with van der Waals surface area (Å²) in [6.45, 7) is 11.5. The van der Waals surface area contributed by atoms with Gasteiger partial charge in [-0.2, -0.15) is 0 Å². The quantitative estimate of drug-likeness (QED) is 0.304. The molecule has 0 radical (unpaired) electrons. The lowest BCUT2D eigenvalue weighted by molar-refractivity contribution is -0.384. The van der Waals surface area contributed by atoms with E-state index in [1.54, 1.807) is 0 Å². The normalized spacial score (nSPS) is 16.7. The van der Waals surface area contributed by atoms with Crippen molar-refractivity contribution in [1.29, 1.82) is 0 Å². The smallest absolute Gasteiger partial charge is 0.412 e. The minimum atomic E-state index is -1.93. The molecule has 168 valence electrons. The van der Waals surface area contributed by atoms with Crippen LogP contribution in [0.15, 0.2) is 24.3 Å². The monoisotopic (exact) mass is 436 g/mol. The van der Waals surface area contributed by atoms with Gasteiger partial charge < -0.3 is 14.5 Å². The van der Waals surface area contributed by atoms with Crippen molar-refractivity contribution in [3.8, 4) is 5.75 Å². The maximum absolute atomic E-state index is 12.5. The van der Waals surface area contributed by atoms with Crippen LogP contribution in [-0.4, -0.2) is 32.0 Å². The predicted octanol–water partition coefficient (Wildman–Crippen LogP) is 6.04. The van der Waals surface area contributed by atoms with Gasteiger partial charge in [-0.3, -0.25) is 10.1 Å². The van der Waals surface area contributed by atoms with Crippen LogP contribution in [0.5, 0.6) is 5.75 Å². The second-order valence-electron chi connectivity index (χ2n) is 9.79. The number of ether oxygens (including phenoxy) is 1. The lowest BCUT2D eigenvalue weighted by Crippen LogP contribution is -2.47. The van der Waals surface area contributed by atoms with Crippen molar-refractivity contribution in [2.24, 2.45) is 5.92 Å². The van der Waals surface area contributed by atoms with Crippen molar-refractivity contribution in [3.63, 3.8) is 0 Å². The lowest BCUT2D eigenvalue weighted by Gasteiger charge is -2.38. The third-order valence-corrected chi connectivity index (χ3v) is 10.9. The first-order chi connectivity index (χ1) is 14.0. The van der Waals surface area contributed by atoms with E-state index in [0.29, 0.717) is 12.5 Å². The average Bonchev–Trinajstić information content (AvgIpc) is 2.66. The number of amides is 1. The molecule has 1 aromatic carbocycles. The molecule has 2 rings (SSSR count). The van der Waals surface area contributed by atoms with E-state index in [2.05, 4.69) is 39.2 Å². The standard InChI is InChI=1S/C22H36N2O5Si/c1-22(2,3)30(4,5)28-16-18(15-17-9-7-6-8-10-17)23-21(25)29-20-13-11-19(12-14-20)24(26)27/h11-14,17-18H,6-10,15-16H2,1-5H3,(H,23,25). The molecule has 8 heteroatoms. The molecule has 1 fully saturated rings. The van der Waals surface area contributed by atoms with Gasteiger partial charge in [0.1, 0.15) is 5.75 Å². The van der Waals surface area contributed by atoms with Crippen LogP contribution in [0, 0.1) is 16.0 Å². The fourth-order valence-corrected chi connectivity index (χ4v) is 4.51. The van der Waals surface area contributed by atoms with Crippen molar-refractivity contribution in [2.45, 2.75) is 83.5 Å². The maximum Gasteiger partial charge on any atom is 0.412 e. The van der Waals surface area contributed by atoms with Crippen molar-refractivity contribution < 1.29 is 18.9 Å². The third kappa shape index (κ3) is 7.39. The van der Waals surface area contributed by atoms with Crippen LogP contribution < -0.4 is 10.1 Å². The molecule has 0 bridgehead atoms. The second-order valence-corrected chi connectivity index (χ2v) is 14.6. The average molecular weight is 437 g/mol. The van der Waals surface area contributed by atoms with Gasteiger partial charge in [-0.25, -0.2) is 4.79 Å². The minimum absolute atomic E-state index is 0.0410. The van der Waals surface area contributed by atoms with Gasteiger partial charge in [-0.1, -0.05) is 52.9 Å². The van der Waals surface area contributed by atoms with Crippen LogP contribution in [-0.2, 0) is 4.43 Å². The Morgan fingerprint density at radius 3 is 2.33 bits per heavy atom. The molecule has 1 unspecified atom stereocenters. The van der Waals surface area contributed by atoms with Gasteiger partial charge in [0.2, 0.25) is 0 Å². The molecule has 0 saturated heterocycles. The van der Waals surface area contributed by atoms with E-state index in [0.717, 1.165) is 6.42 Å². The van der Waals surface area contributed by atoms with E-state index in [-0.39, 0.29) is 22.5 Å². The highest BCUT2D eigenvalue weighted by Crippen LogP contribution is 2.37. The summed E-state index contributed by atoms with van der Waals surface area (Å²) in [5, 5.41) is 13.8. The number of benzene rings is 1. The molecule has 1 atom stereocenters. The fourth-order valence-electron chi connectivity index (χ4n) is 3.46. The van der Waals surface area contributed by atoms with Gasteiger partial charge in [0.25, 0.3) is 5.69 Å². The van der Waals surface area contributed by atoms with E-state index >= 15 is 0 Å². The number of rotatable bonds is 8. The van der Waals surface area contributed by atoms with E-state index < -0.39 is 19.3 Å². The topological polar surface area (TPSA) is 90.7 Å².